The van der Waals surface area contributed by atoms with E-state index in [1.165, 1.54) is 13.2 Å². The number of hydrogen-bond acceptors (Lipinski definition) is 7. The number of fused-ring (bicyclic) bond motifs is 1. The number of methoxy groups -OCH3 is 2. The predicted molar refractivity (Wildman–Crippen MR) is 85.4 cm³/mol. The van der Waals surface area contributed by atoms with Gasteiger partial charge in [0.2, 0.25) is 11.2 Å². The third kappa shape index (κ3) is 2.67. The Hall–Kier alpha value is -3.35. The zero-order valence-electron chi connectivity index (χ0n) is 12.9. The van der Waals surface area contributed by atoms with Crippen LogP contribution in [0.2, 0.25) is 0 Å². The Morgan fingerprint density at radius 2 is 1.62 bits per heavy atom. The lowest BCUT2D eigenvalue weighted by Crippen LogP contribution is -2.02. The number of benzene rings is 2. The van der Waals surface area contributed by atoms with Gasteiger partial charge in [-0.05, 0) is 24.3 Å². The minimum Gasteiger partial charge on any atom is -0.504 e. The zero-order valence-corrected chi connectivity index (χ0v) is 12.9. The molecule has 0 aliphatic heterocycles. The maximum Gasteiger partial charge on any atom is 0.294 e. The molecule has 1 aromatic heterocycles. The van der Waals surface area contributed by atoms with Crippen molar-refractivity contribution in [3.63, 3.8) is 0 Å². The molecule has 0 saturated heterocycles. The number of phenols is 2. The fraction of sp³-hybridized carbons (Fsp3) is 0.118. The molecule has 0 bridgehead atoms. The molecule has 24 heavy (non-hydrogen) atoms. The van der Waals surface area contributed by atoms with Crippen molar-refractivity contribution >= 4 is 11.0 Å². The summed E-state index contributed by atoms with van der Waals surface area (Å²) in [6.07, 6.45) is 0. The van der Waals surface area contributed by atoms with E-state index >= 15 is 0 Å². The summed E-state index contributed by atoms with van der Waals surface area (Å²) in [4.78, 5) is 12.2. The van der Waals surface area contributed by atoms with E-state index in [4.69, 9.17) is 18.6 Å². The first-order valence-corrected chi connectivity index (χ1v) is 6.92. The molecular formula is C17H14O7. The first-order chi connectivity index (χ1) is 11.5. The molecule has 0 spiro atoms. The van der Waals surface area contributed by atoms with Crippen LogP contribution in [0.15, 0.2) is 45.6 Å². The largest absolute Gasteiger partial charge is 0.504 e. The van der Waals surface area contributed by atoms with Crippen molar-refractivity contribution in [2.45, 2.75) is 0 Å². The van der Waals surface area contributed by atoms with Crippen LogP contribution in [0.4, 0.5) is 0 Å². The Labute approximate surface area is 136 Å². The molecule has 3 aromatic rings. The molecule has 0 unspecified atom stereocenters. The molecule has 0 aliphatic carbocycles. The Morgan fingerprint density at radius 1 is 0.958 bits per heavy atom. The minimum atomic E-state index is -0.532. The van der Waals surface area contributed by atoms with E-state index in [1.54, 1.807) is 31.4 Å². The molecule has 1 heterocycles. The van der Waals surface area contributed by atoms with Crippen LogP contribution >= 0.6 is 0 Å². The predicted octanol–water partition coefficient (Wildman–Crippen LogP) is 3.01. The molecule has 0 saturated carbocycles. The van der Waals surface area contributed by atoms with Crippen LogP contribution < -0.4 is 19.6 Å². The number of ether oxygens (including phenoxy) is 3. The van der Waals surface area contributed by atoms with Crippen LogP contribution in [0.3, 0.4) is 0 Å². The average molecular weight is 330 g/mol. The maximum atomic E-state index is 12.2. The Bertz CT molecular complexity index is 942. The van der Waals surface area contributed by atoms with Gasteiger partial charge in [0.25, 0.3) is 5.95 Å². The van der Waals surface area contributed by atoms with Crippen molar-refractivity contribution in [3.05, 3.63) is 46.6 Å². The summed E-state index contributed by atoms with van der Waals surface area (Å²) in [5, 5.41) is 19.8. The highest BCUT2D eigenvalue weighted by Crippen LogP contribution is 2.41. The molecule has 0 atom stereocenters. The second-order valence-electron chi connectivity index (χ2n) is 4.86. The van der Waals surface area contributed by atoms with Crippen LogP contribution in [-0.4, -0.2) is 24.4 Å². The first-order valence-electron chi connectivity index (χ1n) is 6.92. The van der Waals surface area contributed by atoms with Crippen molar-refractivity contribution in [2.75, 3.05) is 14.2 Å². The SMILES string of the molecule is COc1ccc(Oc2cc(=O)c3c(O)c(OC)c(O)cc3o2)cc1. The van der Waals surface area contributed by atoms with Crippen molar-refractivity contribution in [1.82, 2.24) is 0 Å². The standard InChI is InChI=1S/C17H14O7/c1-21-9-3-5-10(6-4-9)23-14-8-11(18)15-13(24-14)7-12(19)17(22-2)16(15)20/h3-8,19-20H,1-2H3. The molecule has 0 aliphatic rings. The van der Waals surface area contributed by atoms with Crippen molar-refractivity contribution in [3.8, 4) is 34.7 Å². The van der Waals surface area contributed by atoms with Gasteiger partial charge >= 0.3 is 0 Å². The first kappa shape index (κ1) is 15.5. The molecule has 0 radical (unpaired) electrons. The Balaban J connectivity index is 2.05. The fourth-order valence-corrected chi connectivity index (χ4v) is 2.26. The average Bonchev–Trinajstić information content (AvgIpc) is 2.55. The smallest absolute Gasteiger partial charge is 0.294 e. The quantitative estimate of drug-likeness (QED) is 0.758. The van der Waals surface area contributed by atoms with Gasteiger partial charge in [-0.15, -0.1) is 0 Å². The minimum absolute atomic E-state index is 0.0261. The second-order valence-corrected chi connectivity index (χ2v) is 4.86. The molecule has 7 nitrogen and oxygen atoms in total. The monoisotopic (exact) mass is 330 g/mol. The third-order valence-corrected chi connectivity index (χ3v) is 3.39. The summed E-state index contributed by atoms with van der Waals surface area (Å²) in [6.45, 7) is 0. The highest BCUT2D eigenvalue weighted by molar-refractivity contribution is 5.88. The molecule has 2 N–H and O–H groups in total. The van der Waals surface area contributed by atoms with E-state index < -0.39 is 11.2 Å². The fourth-order valence-electron chi connectivity index (χ4n) is 2.26. The van der Waals surface area contributed by atoms with Crippen LogP contribution in [-0.2, 0) is 0 Å². The molecule has 0 amide bonds. The van der Waals surface area contributed by atoms with Gasteiger partial charge in [-0.1, -0.05) is 0 Å². The summed E-state index contributed by atoms with van der Waals surface area (Å²) >= 11 is 0. The normalized spacial score (nSPS) is 10.6. The van der Waals surface area contributed by atoms with Crippen LogP contribution in [0, 0.1) is 0 Å². The van der Waals surface area contributed by atoms with Gasteiger partial charge in [-0.2, -0.15) is 0 Å². The van der Waals surface area contributed by atoms with E-state index in [2.05, 4.69) is 0 Å². The van der Waals surface area contributed by atoms with E-state index in [9.17, 15) is 15.0 Å². The summed E-state index contributed by atoms with van der Waals surface area (Å²) in [5.41, 5.74) is -0.558. The van der Waals surface area contributed by atoms with E-state index in [-0.39, 0.29) is 28.4 Å². The number of aromatic hydroxyl groups is 2. The second kappa shape index (κ2) is 6.04. The van der Waals surface area contributed by atoms with Gasteiger partial charge in [-0.3, -0.25) is 4.79 Å². The molecule has 124 valence electrons. The summed E-state index contributed by atoms with van der Waals surface area (Å²) in [7, 11) is 2.81. The Morgan fingerprint density at radius 3 is 2.25 bits per heavy atom. The van der Waals surface area contributed by atoms with E-state index in [1.807, 2.05) is 0 Å². The third-order valence-electron chi connectivity index (χ3n) is 3.39. The van der Waals surface area contributed by atoms with Crippen LogP contribution in [0.25, 0.3) is 11.0 Å². The summed E-state index contributed by atoms with van der Waals surface area (Å²) in [5.74, 6) is -0.0331. The zero-order chi connectivity index (χ0) is 17.3. The molecule has 7 heteroatoms. The maximum absolute atomic E-state index is 12.2. The number of phenolic OH excluding ortho intramolecular Hbond substituents is 2. The number of rotatable bonds is 4. The molecule has 3 rings (SSSR count). The molecule has 2 aromatic carbocycles. The van der Waals surface area contributed by atoms with Crippen molar-refractivity contribution in [1.29, 1.82) is 0 Å². The van der Waals surface area contributed by atoms with Crippen LogP contribution in [0.1, 0.15) is 0 Å². The summed E-state index contributed by atoms with van der Waals surface area (Å²) in [6, 6.07) is 8.95. The lowest BCUT2D eigenvalue weighted by Gasteiger charge is -2.10. The van der Waals surface area contributed by atoms with Gasteiger partial charge in [0, 0.05) is 6.07 Å². The highest BCUT2D eigenvalue weighted by Gasteiger charge is 2.18. The number of hydrogen-bond donors (Lipinski definition) is 2. The molecule has 0 fully saturated rings. The summed E-state index contributed by atoms with van der Waals surface area (Å²) < 4.78 is 20.8. The van der Waals surface area contributed by atoms with E-state index in [0.717, 1.165) is 6.07 Å². The lowest BCUT2D eigenvalue weighted by molar-refractivity contribution is 0.339. The van der Waals surface area contributed by atoms with Gasteiger partial charge in [0.05, 0.1) is 20.3 Å². The van der Waals surface area contributed by atoms with Gasteiger partial charge in [0.15, 0.2) is 11.5 Å². The lowest BCUT2D eigenvalue weighted by atomic mass is 10.2. The molecular weight excluding hydrogens is 316 g/mol. The van der Waals surface area contributed by atoms with Gasteiger partial charge in [0.1, 0.15) is 22.5 Å². The Kier molecular flexibility index (Phi) is 3.91. The van der Waals surface area contributed by atoms with Gasteiger partial charge in [-0.25, -0.2) is 0 Å². The van der Waals surface area contributed by atoms with Crippen molar-refractivity contribution < 1.29 is 28.8 Å². The van der Waals surface area contributed by atoms with Crippen molar-refractivity contribution in [2.24, 2.45) is 0 Å². The van der Waals surface area contributed by atoms with Crippen LogP contribution in [0.5, 0.6) is 34.7 Å². The van der Waals surface area contributed by atoms with Gasteiger partial charge < -0.3 is 28.8 Å². The topological polar surface area (TPSA) is 98.4 Å². The van der Waals surface area contributed by atoms with E-state index in [0.29, 0.717) is 11.5 Å². The highest BCUT2D eigenvalue weighted by atomic mass is 16.6.